The van der Waals surface area contributed by atoms with E-state index in [0.29, 0.717) is 92.0 Å². The number of aromatic nitrogens is 4. The summed E-state index contributed by atoms with van der Waals surface area (Å²) in [5.41, 5.74) is 7.05. The predicted octanol–water partition coefficient (Wildman–Crippen LogP) is 12.5. The first kappa shape index (κ1) is 76.9. The van der Waals surface area contributed by atoms with Crippen LogP contribution < -0.4 is 26.2 Å². The minimum Gasteiger partial charge on any atom is -0.465 e. The third-order valence-electron chi connectivity index (χ3n) is 20.0. The number of thiophene rings is 1. The highest BCUT2D eigenvalue weighted by Gasteiger charge is 2.41. The number of rotatable bonds is 24. The number of anilines is 1. The van der Waals surface area contributed by atoms with Gasteiger partial charge in [-0.3, -0.25) is 19.3 Å². The van der Waals surface area contributed by atoms with Gasteiger partial charge in [0, 0.05) is 62.1 Å². The van der Waals surface area contributed by atoms with E-state index >= 15 is 0 Å². The molecule has 3 saturated heterocycles. The number of amides is 7. The van der Waals surface area contributed by atoms with E-state index in [0.717, 1.165) is 89.0 Å². The topological polar surface area (TPSA) is 301 Å². The number of aromatic amines is 2. The predicted molar refractivity (Wildman–Crippen MR) is 390 cm³/mol. The van der Waals surface area contributed by atoms with Crippen molar-refractivity contribution in [1.82, 2.24) is 55.9 Å². The van der Waals surface area contributed by atoms with Gasteiger partial charge in [-0.25, -0.2) is 33.9 Å². The van der Waals surface area contributed by atoms with Crippen molar-refractivity contribution >= 4 is 65.1 Å². The summed E-state index contributed by atoms with van der Waals surface area (Å²) in [5, 5.41) is 10.9. The number of imidazole rings is 2. The number of hydrogen-bond donors (Lipinski definition) is 6. The summed E-state index contributed by atoms with van der Waals surface area (Å²) < 4.78 is 25.1. The van der Waals surface area contributed by atoms with Gasteiger partial charge < -0.3 is 69.6 Å². The molecule has 550 valence electrons. The molecule has 6 heterocycles. The Balaban J connectivity index is 0.000000921. The summed E-state index contributed by atoms with van der Waals surface area (Å²) in [6.45, 7) is 17.3. The summed E-state index contributed by atoms with van der Waals surface area (Å²) in [5.74, 6) is 1.61. The Bertz CT molecular complexity index is 3760. The molecular formula is C76H102N12O13S. The molecule has 4 fully saturated rings. The number of alkyl carbamates (subject to hydrolysis) is 4. The highest BCUT2D eigenvalue weighted by Crippen LogP contribution is 2.42. The number of carbonyl (C=O) groups excluding carboxylic acids is 8. The van der Waals surface area contributed by atoms with Crippen molar-refractivity contribution in [3.8, 4) is 44.1 Å². The van der Waals surface area contributed by atoms with Crippen LogP contribution in [0, 0.1) is 29.6 Å². The van der Waals surface area contributed by atoms with Gasteiger partial charge in [0.05, 0.1) is 70.0 Å². The van der Waals surface area contributed by atoms with Crippen molar-refractivity contribution in [2.24, 2.45) is 29.6 Å². The van der Waals surface area contributed by atoms with Gasteiger partial charge in [0.15, 0.2) is 0 Å². The monoisotopic (exact) mass is 1420 g/mol. The molecule has 7 amide bonds. The molecule has 25 nitrogen and oxygen atoms in total. The van der Waals surface area contributed by atoms with Crippen LogP contribution in [0.4, 0.5) is 24.9 Å². The zero-order chi connectivity index (χ0) is 73.1. The van der Waals surface area contributed by atoms with E-state index in [4.69, 9.17) is 28.9 Å². The van der Waals surface area contributed by atoms with Crippen LogP contribution >= 0.6 is 11.3 Å². The molecule has 0 spiro atoms. The molecule has 3 aromatic heterocycles. The van der Waals surface area contributed by atoms with Crippen molar-refractivity contribution in [1.29, 1.82) is 0 Å². The number of H-pyrrole nitrogens is 2. The highest BCUT2D eigenvalue weighted by atomic mass is 32.1. The van der Waals surface area contributed by atoms with E-state index in [1.54, 1.807) is 22.2 Å². The van der Waals surface area contributed by atoms with Crippen molar-refractivity contribution < 1.29 is 62.0 Å². The fourth-order valence-electron chi connectivity index (χ4n) is 14.2. The first-order valence-electron chi connectivity index (χ1n) is 35.8. The fraction of sp³-hybridized carbons (Fsp3) is 0.526. The Morgan fingerprint density at radius 2 is 1.10 bits per heavy atom. The Labute approximate surface area is 602 Å². The largest absolute Gasteiger partial charge is 0.465 e. The SMILES string of the molecule is COC(=O)NC(C(C)C)C(C)C.COC(=O)N[C@@H](CCNC(=O)OCCN1CCC(N(C(=O)C2CCC(C)CC2)c2cc(-c3ccccc3)sc2C(=O)OC)CC1)C(=O)N1CCC[C@H]1c1ncc(-c2ccc(-c3ccc(-c4cnc([C@@H]5CCCN5C(=O)[C@@H](NC(=O)OC)C(C)C)[nH]4)cc3)cc2)[nH]1. The zero-order valence-corrected chi connectivity index (χ0v) is 61.5. The second-order valence-electron chi connectivity index (χ2n) is 27.9. The Morgan fingerprint density at radius 1 is 0.578 bits per heavy atom. The molecule has 4 aliphatic rings. The lowest BCUT2D eigenvalue weighted by Gasteiger charge is -2.40. The lowest BCUT2D eigenvalue weighted by atomic mass is 9.82. The minimum atomic E-state index is -1.01. The summed E-state index contributed by atoms with van der Waals surface area (Å²) in [7, 11) is 5.26. The normalized spacial score (nSPS) is 18.4. The highest BCUT2D eigenvalue weighted by molar-refractivity contribution is 7.18. The quantitative estimate of drug-likeness (QED) is 0.0242. The van der Waals surface area contributed by atoms with Gasteiger partial charge >= 0.3 is 30.3 Å². The standard InChI is InChI=1S/C67H83N11O11S.C9H19NO2/c1-41(2)57(74-67(85)88-6)63(81)77-33-11-15-54(77)60-70-40-52(72-60)46-26-22-44(23-27-46)43-20-24-45(25-21-43)51-39-69-59(71-51)53-14-10-32-76(53)62(80)50(73-66(84)87-5)28-31-68-65(83)89-37-36-75-34-29-49(30-35-75)78(61(79)48-18-16-42(3)17-19-48)55-38-56(47-12-8-7-9-13-47)90-58(55)64(82)86-4;1-6(2)8(7(3)4)10-9(11)12-5/h7-9,12-13,20-27,38-42,48-50,53-54,57H,10-11,14-19,28-37H2,1-6H3,(H,68,83)(H,69,71)(H,70,72)(H,73,84)(H,74,85);6-8H,1-5H3,(H,10,11)/t42?,48?,50-,53-,54-,57-;/m0./s1. The van der Waals surface area contributed by atoms with Crippen LogP contribution in [0.5, 0.6) is 0 Å². The fourth-order valence-corrected chi connectivity index (χ4v) is 15.3. The molecule has 0 unspecified atom stereocenters. The lowest BCUT2D eigenvalue weighted by Crippen LogP contribution is -2.51. The molecule has 3 aliphatic heterocycles. The van der Waals surface area contributed by atoms with E-state index in [-0.39, 0.29) is 79.4 Å². The summed E-state index contributed by atoms with van der Waals surface area (Å²) in [4.78, 5) is 130. The van der Waals surface area contributed by atoms with Crippen LogP contribution in [-0.4, -0.2) is 181 Å². The van der Waals surface area contributed by atoms with Gasteiger partial charge in [-0.15, -0.1) is 11.3 Å². The first-order valence-corrected chi connectivity index (χ1v) is 36.6. The van der Waals surface area contributed by atoms with Gasteiger partial charge in [-0.05, 0) is 128 Å². The van der Waals surface area contributed by atoms with Crippen LogP contribution in [-0.2, 0) is 38.1 Å². The number of carbonyl (C=O) groups is 8. The van der Waals surface area contributed by atoms with Crippen molar-refractivity contribution in [3.05, 3.63) is 114 Å². The van der Waals surface area contributed by atoms with Gasteiger partial charge in [-0.1, -0.05) is 127 Å². The Kier molecular flexibility index (Phi) is 27.5. The van der Waals surface area contributed by atoms with Crippen molar-refractivity contribution in [2.75, 3.05) is 79.2 Å². The third-order valence-corrected chi connectivity index (χ3v) is 21.1. The van der Waals surface area contributed by atoms with Crippen molar-refractivity contribution in [3.63, 3.8) is 0 Å². The smallest absolute Gasteiger partial charge is 0.407 e. The second kappa shape index (κ2) is 36.5. The van der Waals surface area contributed by atoms with Gasteiger partial charge in [0.1, 0.15) is 35.2 Å². The second-order valence-corrected chi connectivity index (χ2v) is 28.9. The average Bonchev–Trinajstić information content (AvgIpc) is 1.60. The number of esters is 1. The Morgan fingerprint density at radius 3 is 1.62 bits per heavy atom. The number of hydrogen-bond acceptors (Lipinski definition) is 17. The van der Waals surface area contributed by atoms with E-state index in [9.17, 15) is 38.4 Å². The molecule has 6 N–H and O–H groups in total. The number of nitrogens with zero attached hydrogens (tertiary/aromatic N) is 6. The molecule has 0 bridgehead atoms. The van der Waals surface area contributed by atoms with Crippen LogP contribution in [0.3, 0.4) is 0 Å². The summed E-state index contributed by atoms with van der Waals surface area (Å²) in [6.07, 6.45) is 9.11. The molecule has 0 radical (unpaired) electrons. The number of nitrogens with one attached hydrogen (secondary N) is 6. The number of ether oxygens (including phenoxy) is 5. The molecule has 26 heteroatoms. The Hall–Kier alpha value is -9.30. The zero-order valence-electron chi connectivity index (χ0n) is 60.7. The van der Waals surface area contributed by atoms with Crippen LogP contribution in [0.1, 0.15) is 152 Å². The maximum absolute atomic E-state index is 14.6. The molecule has 4 atom stereocenters. The minimum absolute atomic E-state index is 0.0365. The molecule has 1 saturated carbocycles. The average molecular weight is 1420 g/mol. The number of piperidine rings is 1. The molecule has 102 heavy (non-hydrogen) atoms. The first-order chi connectivity index (χ1) is 49.1. The van der Waals surface area contributed by atoms with E-state index in [1.807, 2.05) is 91.5 Å². The van der Waals surface area contributed by atoms with E-state index < -0.39 is 36.3 Å². The third kappa shape index (κ3) is 19.7. The van der Waals surface area contributed by atoms with Gasteiger partial charge in [0.25, 0.3) is 0 Å². The van der Waals surface area contributed by atoms with Gasteiger partial charge in [-0.2, -0.15) is 0 Å². The van der Waals surface area contributed by atoms with Crippen molar-refractivity contribution in [2.45, 2.75) is 155 Å². The molecule has 3 aromatic carbocycles. The lowest BCUT2D eigenvalue weighted by molar-refractivity contribution is -0.135. The van der Waals surface area contributed by atoms with E-state index in [1.165, 1.54) is 39.8 Å². The number of methoxy groups -OCH3 is 4. The van der Waals surface area contributed by atoms with Gasteiger partial charge in [0.2, 0.25) is 17.7 Å². The molecule has 6 aromatic rings. The molecular weight excluding hydrogens is 1320 g/mol. The summed E-state index contributed by atoms with van der Waals surface area (Å²) in [6, 6.07) is 25.8. The maximum Gasteiger partial charge on any atom is 0.407 e. The van der Waals surface area contributed by atoms with Crippen LogP contribution in [0.2, 0.25) is 0 Å². The summed E-state index contributed by atoms with van der Waals surface area (Å²) >= 11 is 1.35. The maximum atomic E-state index is 14.6. The molecule has 10 rings (SSSR count). The number of likely N-dealkylation sites (tertiary alicyclic amines) is 3. The molecule has 1 aliphatic carbocycles. The van der Waals surface area contributed by atoms with E-state index in [2.05, 4.69) is 87.6 Å². The van der Waals surface area contributed by atoms with Crippen LogP contribution in [0.15, 0.2) is 97.3 Å². The van der Waals surface area contributed by atoms with Crippen LogP contribution in [0.25, 0.3) is 44.1 Å². The number of benzene rings is 3.